The van der Waals surface area contributed by atoms with Crippen molar-refractivity contribution >= 4 is 5.91 Å². The van der Waals surface area contributed by atoms with Crippen LogP contribution in [-0.4, -0.2) is 36.6 Å². The lowest BCUT2D eigenvalue weighted by Gasteiger charge is -2.30. The summed E-state index contributed by atoms with van der Waals surface area (Å²) in [5.74, 6) is -0.423. The number of carbonyl (C=O) groups excluding carboxylic acids is 1. The molecule has 1 unspecified atom stereocenters. The van der Waals surface area contributed by atoms with Crippen LogP contribution in [-0.2, 0) is 4.79 Å². The molecule has 1 aromatic carbocycles. The van der Waals surface area contributed by atoms with E-state index in [0.717, 1.165) is 4.90 Å². The third-order valence-corrected chi connectivity index (χ3v) is 2.71. The first-order valence-corrected chi connectivity index (χ1v) is 6.33. The molecule has 3 nitrogen and oxygen atoms in total. The molecular weight excluding hydrogens is 269 g/mol. The number of rotatable bonds is 5. The largest absolute Gasteiger partial charge is 0.408 e. The van der Waals surface area contributed by atoms with Gasteiger partial charge >= 0.3 is 6.18 Å². The van der Waals surface area contributed by atoms with E-state index in [1.54, 1.807) is 32.0 Å². The highest BCUT2D eigenvalue weighted by Crippen LogP contribution is 2.36. The van der Waals surface area contributed by atoms with E-state index in [1.807, 2.05) is 0 Å². The molecule has 0 saturated heterocycles. The second kappa shape index (κ2) is 6.74. The van der Waals surface area contributed by atoms with Gasteiger partial charge < -0.3 is 5.32 Å². The van der Waals surface area contributed by atoms with Crippen molar-refractivity contribution in [2.24, 2.45) is 0 Å². The van der Waals surface area contributed by atoms with Crippen LogP contribution < -0.4 is 5.32 Å². The number of nitrogens with one attached hydrogen (secondary N) is 1. The summed E-state index contributed by atoms with van der Waals surface area (Å²) in [5, 5.41) is 2.58. The van der Waals surface area contributed by atoms with E-state index >= 15 is 0 Å². The van der Waals surface area contributed by atoms with Gasteiger partial charge in [0.05, 0.1) is 6.54 Å². The molecule has 0 aliphatic heterocycles. The van der Waals surface area contributed by atoms with Gasteiger partial charge in [0, 0.05) is 6.04 Å². The fourth-order valence-corrected chi connectivity index (χ4v) is 2.01. The number of amides is 1. The van der Waals surface area contributed by atoms with Gasteiger partial charge in [-0.15, -0.1) is 0 Å². The fourth-order valence-electron chi connectivity index (χ4n) is 2.01. The fraction of sp³-hybridized carbons (Fsp3) is 0.500. The van der Waals surface area contributed by atoms with Crippen molar-refractivity contribution in [1.82, 2.24) is 10.2 Å². The minimum absolute atomic E-state index is 0.100. The highest BCUT2D eigenvalue weighted by atomic mass is 19.4. The number of nitrogens with zero attached hydrogens (tertiary/aromatic N) is 1. The molecule has 1 aromatic rings. The van der Waals surface area contributed by atoms with Crippen LogP contribution in [0.5, 0.6) is 0 Å². The number of likely N-dealkylation sites (N-methyl/N-ethyl adjacent to an activating group) is 1. The maximum Gasteiger partial charge on any atom is 0.408 e. The zero-order valence-corrected chi connectivity index (χ0v) is 11.7. The first kappa shape index (κ1) is 16.5. The molecule has 1 rings (SSSR count). The van der Waals surface area contributed by atoms with Gasteiger partial charge in [-0.2, -0.15) is 13.2 Å². The van der Waals surface area contributed by atoms with Crippen LogP contribution in [0.1, 0.15) is 25.5 Å². The zero-order chi connectivity index (χ0) is 15.3. The van der Waals surface area contributed by atoms with Crippen LogP contribution in [0.4, 0.5) is 13.2 Å². The summed E-state index contributed by atoms with van der Waals surface area (Å²) < 4.78 is 39.6. The smallest absolute Gasteiger partial charge is 0.353 e. The Morgan fingerprint density at radius 1 is 1.25 bits per heavy atom. The zero-order valence-electron chi connectivity index (χ0n) is 11.7. The van der Waals surface area contributed by atoms with Gasteiger partial charge in [0.2, 0.25) is 5.91 Å². The van der Waals surface area contributed by atoms with Crippen molar-refractivity contribution in [2.75, 3.05) is 13.6 Å². The Balaban J connectivity index is 2.87. The standard InChI is InChI=1S/C14H19F3N2O/c1-10(2)18-12(20)9-19(3)13(14(15,16)17)11-7-5-4-6-8-11/h4-8,10,13H,9H2,1-3H3,(H,18,20). The third kappa shape index (κ3) is 4.85. The minimum Gasteiger partial charge on any atom is -0.353 e. The molecule has 0 fully saturated rings. The van der Waals surface area contributed by atoms with Gasteiger partial charge in [-0.1, -0.05) is 30.3 Å². The average Bonchev–Trinajstić information content (AvgIpc) is 2.26. The summed E-state index contributed by atoms with van der Waals surface area (Å²) in [7, 11) is 1.30. The summed E-state index contributed by atoms with van der Waals surface area (Å²) in [6.45, 7) is 3.21. The second-order valence-electron chi connectivity index (χ2n) is 4.99. The topological polar surface area (TPSA) is 32.3 Å². The van der Waals surface area contributed by atoms with Crippen molar-refractivity contribution in [3.05, 3.63) is 35.9 Å². The summed E-state index contributed by atoms with van der Waals surface area (Å²) in [6, 6.07) is 5.69. The van der Waals surface area contributed by atoms with E-state index in [9.17, 15) is 18.0 Å². The van der Waals surface area contributed by atoms with E-state index in [0.29, 0.717) is 0 Å². The molecule has 0 aliphatic carbocycles. The van der Waals surface area contributed by atoms with Crippen LogP contribution in [0.15, 0.2) is 30.3 Å². The molecular formula is C14H19F3N2O. The van der Waals surface area contributed by atoms with E-state index in [4.69, 9.17) is 0 Å². The monoisotopic (exact) mass is 288 g/mol. The molecule has 0 bridgehead atoms. The van der Waals surface area contributed by atoms with Gasteiger partial charge in [0.1, 0.15) is 6.04 Å². The number of benzene rings is 1. The van der Waals surface area contributed by atoms with Crippen molar-refractivity contribution in [3.8, 4) is 0 Å². The van der Waals surface area contributed by atoms with Crippen LogP contribution in [0.25, 0.3) is 0 Å². The van der Waals surface area contributed by atoms with Gasteiger partial charge in [0.25, 0.3) is 0 Å². The highest BCUT2D eigenvalue weighted by molar-refractivity contribution is 5.78. The third-order valence-electron chi connectivity index (χ3n) is 2.71. The average molecular weight is 288 g/mol. The van der Waals surface area contributed by atoms with Crippen molar-refractivity contribution in [1.29, 1.82) is 0 Å². The molecule has 1 N–H and O–H groups in total. The molecule has 0 radical (unpaired) electrons. The molecule has 0 spiro atoms. The van der Waals surface area contributed by atoms with Crippen molar-refractivity contribution < 1.29 is 18.0 Å². The van der Waals surface area contributed by atoms with Gasteiger partial charge in [-0.3, -0.25) is 9.69 Å². The van der Waals surface area contributed by atoms with Crippen LogP contribution >= 0.6 is 0 Å². The number of carbonyl (C=O) groups is 1. The van der Waals surface area contributed by atoms with Crippen molar-refractivity contribution in [2.45, 2.75) is 32.1 Å². The summed E-state index contributed by atoms with van der Waals surface area (Å²) in [5.41, 5.74) is 0.125. The lowest BCUT2D eigenvalue weighted by molar-refractivity contribution is -0.183. The van der Waals surface area contributed by atoms with E-state index in [-0.39, 0.29) is 18.2 Å². The normalized spacial score (nSPS) is 13.6. The molecule has 0 heterocycles. The molecule has 1 amide bonds. The summed E-state index contributed by atoms with van der Waals surface area (Å²) >= 11 is 0. The molecule has 20 heavy (non-hydrogen) atoms. The molecule has 112 valence electrons. The first-order valence-electron chi connectivity index (χ1n) is 6.33. The van der Waals surface area contributed by atoms with Gasteiger partial charge in [-0.25, -0.2) is 0 Å². The summed E-state index contributed by atoms with van der Waals surface area (Å²) in [4.78, 5) is 12.6. The number of hydrogen-bond acceptors (Lipinski definition) is 2. The van der Waals surface area contributed by atoms with Gasteiger partial charge in [-0.05, 0) is 26.5 Å². The Labute approximate surface area is 116 Å². The lowest BCUT2D eigenvalue weighted by Crippen LogP contribution is -2.43. The predicted molar refractivity (Wildman–Crippen MR) is 71.1 cm³/mol. The predicted octanol–water partition coefficient (Wildman–Crippen LogP) is 2.75. The molecule has 0 saturated carbocycles. The minimum atomic E-state index is -4.44. The Kier molecular flexibility index (Phi) is 5.56. The van der Waals surface area contributed by atoms with Crippen LogP contribution in [0.3, 0.4) is 0 Å². The maximum atomic E-state index is 13.2. The van der Waals surface area contributed by atoms with Crippen LogP contribution in [0.2, 0.25) is 0 Å². The van der Waals surface area contributed by atoms with Crippen LogP contribution in [0, 0.1) is 0 Å². The number of alkyl halides is 3. The summed E-state index contributed by atoms with van der Waals surface area (Å²) in [6.07, 6.45) is -4.44. The van der Waals surface area contributed by atoms with E-state index in [2.05, 4.69) is 5.32 Å². The molecule has 1 atom stereocenters. The Bertz CT molecular complexity index is 432. The quantitative estimate of drug-likeness (QED) is 0.903. The van der Waals surface area contributed by atoms with Gasteiger partial charge in [0.15, 0.2) is 0 Å². The SMILES string of the molecule is CC(C)NC(=O)CN(C)C(c1ccccc1)C(F)(F)F. The second-order valence-corrected chi connectivity index (χ2v) is 4.99. The Morgan fingerprint density at radius 3 is 2.25 bits per heavy atom. The van der Waals surface area contributed by atoms with E-state index < -0.39 is 18.1 Å². The number of hydrogen-bond donors (Lipinski definition) is 1. The highest BCUT2D eigenvalue weighted by Gasteiger charge is 2.43. The molecule has 0 aliphatic rings. The Hall–Kier alpha value is -1.56. The van der Waals surface area contributed by atoms with E-state index in [1.165, 1.54) is 19.2 Å². The Morgan fingerprint density at radius 2 is 1.80 bits per heavy atom. The molecule has 6 heteroatoms. The number of halogens is 3. The van der Waals surface area contributed by atoms with Crippen molar-refractivity contribution in [3.63, 3.8) is 0 Å². The first-order chi connectivity index (χ1) is 9.21. The lowest BCUT2D eigenvalue weighted by atomic mass is 10.1. The molecule has 0 aromatic heterocycles. The maximum absolute atomic E-state index is 13.2.